The van der Waals surface area contributed by atoms with Crippen LogP contribution in [-0.4, -0.2) is 6.52 Å². The van der Waals surface area contributed by atoms with Gasteiger partial charge in [-0.25, -0.2) is 0 Å². The maximum atomic E-state index is 7.94. The predicted molar refractivity (Wildman–Crippen MR) is 24.8 cm³/mol. The summed E-state index contributed by atoms with van der Waals surface area (Å²) in [5, 5.41) is 7.94. The van der Waals surface area contributed by atoms with Gasteiger partial charge >= 0.3 is 6.52 Å². The van der Waals surface area contributed by atoms with E-state index in [0.717, 1.165) is 0 Å². The lowest BCUT2D eigenvalue weighted by atomic mass is 10.2. The van der Waals surface area contributed by atoms with Crippen LogP contribution in [0.4, 0.5) is 0 Å². The minimum absolute atomic E-state index is 0.116. The molecule has 0 aliphatic rings. The molecule has 0 bridgehead atoms. The second kappa shape index (κ2) is 2.65. The van der Waals surface area contributed by atoms with Crippen molar-refractivity contribution in [1.82, 2.24) is 0 Å². The molecular weight excluding hydrogens is 76.1 g/mol. The van der Waals surface area contributed by atoms with Crippen molar-refractivity contribution >= 4 is 0 Å². The Balaban J connectivity index is 3.40. The van der Waals surface area contributed by atoms with Crippen LogP contribution < -0.4 is 0 Å². The van der Waals surface area contributed by atoms with Crippen LogP contribution in [0.25, 0.3) is 4.98 Å². The fourth-order valence-corrected chi connectivity index (χ4v) is 0.133. The third-order valence-electron chi connectivity index (χ3n) is 0.365. The molecule has 0 N–H and O–H groups in total. The summed E-state index contributed by atoms with van der Waals surface area (Å²) in [6.07, 6.45) is 0. The van der Waals surface area contributed by atoms with Crippen molar-refractivity contribution in [3.8, 4) is 0 Å². The molecular formula is C4H9N2+. The fourth-order valence-electron chi connectivity index (χ4n) is 0.133. The van der Waals surface area contributed by atoms with Crippen molar-refractivity contribution < 1.29 is 1.37 Å². The van der Waals surface area contributed by atoms with E-state index in [-0.39, 0.29) is 5.92 Å². The van der Waals surface area contributed by atoms with E-state index in [1.165, 1.54) is 0 Å². The van der Waals surface area contributed by atoms with Crippen LogP contribution in [0.3, 0.4) is 0 Å². The van der Waals surface area contributed by atoms with Crippen molar-refractivity contribution in [3.05, 3.63) is 4.98 Å². The minimum atomic E-state index is -0.667. The van der Waals surface area contributed by atoms with Gasteiger partial charge in [-0.15, -0.1) is 0 Å². The zero-order chi connectivity index (χ0) is 5.86. The highest BCUT2D eigenvalue weighted by molar-refractivity contribution is 4.56. The SMILES string of the molecule is [2H][C@H]([N+]#N)C(C)C. The number of nitrogens with zero attached hydrogens (tertiary/aromatic N) is 2. The molecule has 0 saturated heterocycles. The van der Waals surface area contributed by atoms with Crippen LogP contribution >= 0.6 is 0 Å². The van der Waals surface area contributed by atoms with E-state index in [2.05, 4.69) is 4.98 Å². The molecule has 0 aromatic heterocycles. The highest BCUT2D eigenvalue weighted by Crippen LogP contribution is 1.88. The Hall–Kier alpha value is -0.580. The monoisotopic (exact) mass is 86.1 g/mol. The Bertz CT molecular complexity index is 84.2. The standard InChI is InChI=1S/C4H9N2/c1-4(2)3-6-5/h4H,3H2,1-2H3/q+1/i3D/t3-/m0/s1. The molecule has 0 radical (unpaired) electrons. The van der Waals surface area contributed by atoms with Crippen LogP contribution in [0, 0.1) is 11.3 Å². The molecule has 0 aliphatic carbocycles. The first kappa shape index (κ1) is 3.60. The Labute approximate surface area is 39.2 Å². The molecule has 2 nitrogen and oxygen atoms in total. The van der Waals surface area contributed by atoms with Gasteiger partial charge in [0.2, 0.25) is 5.39 Å². The summed E-state index contributed by atoms with van der Waals surface area (Å²) in [6.45, 7) is 2.99. The van der Waals surface area contributed by atoms with Crippen LogP contribution in [-0.2, 0) is 0 Å². The molecule has 34 valence electrons. The van der Waals surface area contributed by atoms with Crippen LogP contribution in [0.2, 0.25) is 0 Å². The summed E-state index contributed by atoms with van der Waals surface area (Å²) in [6, 6.07) is 0. The maximum absolute atomic E-state index is 7.94. The van der Waals surface area contributed by atoms with Crippen LogP contribution in [0.15, 0.2) is 0 Å². The van der Waals surface area contributed by atoms with Gasteiger partial charge in [-0.1, -0.05) is 13.8 Å². The number of hydrogen-bond acceptors (Lipinski definition) is 1. The van der Waals surface area contributed by atoms with E-state index in [4.69, 9.17) is 6.76 Å². The van der Waals surface area contributed by atoms with E-state index in [0.29, 0.717) is 0 Å². The van der Waals surface area contributed by atoms with Gasteiger partial charge in [0.1, 0.15) is 6.35 Å². The summed E-state index contributed by atoms with van der Waals surface area (Å²) in [5.41, 5.74) is 0. The van der Waals surface area contributed by atoms with Crippen LogP contribution in [0.1, 0.15) is 15.2 Å². The smallest absolute Gasteiger partial charge is 0.0553 e. The fraction of sp³-hybridized carbons (Fsp3) is 1.00. The van der Waals surface area contributed by atoms with E-state index in [9.17, 15) is 0 Å². The van der Waals surface area contributed by atoms with E-state index < -0.39 is 6.52 Å². The molecule has 0 heterocycles. The van der Waals surface area contributed by atoms with E-state index in [1.54, 1.807) is 0 Å². The van der Waals surface area contributed by atoms with Crippen molar-refractivity contribution in [2.24, 2.45) is 5.92 Å². The Morgan fingerprint density at radius 3 is 2.50 bits per heavy atom. The zero-order valence-corrected chi connectivity index (χ0v) is 4.05. The molecule has 0 fully saturated rings. The van der Waals surface area contributed by atoms with Crippen molar-refractivity contribution in [2.75, 3.05) is 6.52 Å². The molecule has 0 aromatic rings. The van der Waals surface area contributed by atoms with E-state index in [1.807, 2.05) is 13.8 Å². The average Bonchev–Trinajstić information content (AvgIpc) is 1.65. The number of hydrogen-bond donors (Lipinski definition) is 0. The van der Waals surface area contributed by atoms with E-state index >= 15 is 0 Å². The lowest BCUT2D eigenvalue weighted by Crippen LogP contribution is -1.86. The summed E-state index contributed by atoms with van der Waals surface area (Å²) in [4.78, 5) is 2.75. The van der Waals surface area contributed by atoms with Crippen molar-refractivity contribution in [3.63, 3.8) is 0 Å². The molecule has 0 aromatic carbocycles. The molecule has 0 rings (SSSR count). The molecule has 1 atom stereocenters. The van der Waals surface area contributed by atoms with Crippen molar-refractivity contribution in [2.45, 2.75) is 13.8 Å². The topological polar surface area (TPSA) is 28.1 Å². The third kappa shape index (κ3) is 3.42. The minimum Gasteiger partial charge on any atom is -0.0553 e. The number of rotatable bonds is 1. The average molecular weight is 86.1 g/mol. The quantitative estimate of drug-likeness (QED) is 0.444. The molecule has 0 saturated carbocycles. The summed E-state index contributed by atoms with van der Waals surface area (Å²) in [7, 11) is 0. The van der Waals surface area contributed by atoms with Gasteiger partial charge in [-0.05, 0) is 0 Å². The first-order chi connectivity index (χ1) is 3.18. The molecule has 0 amide bonds. The molecule has 6 heavy (non-hydrogen) atoms. The van der Waals surface area contributed by atoms with Gasteiger partial charge < -0.3 is 0 Å². The molecule has 0 spiro atoms. The lowest BCUT2D eigenvalue weighted by Gasteiger charge is -1.78. The van der Waals surface area contributed by atoms with Gasteiger partial charge in [-0.3, -0.25) is 0 Å². The normalized spacial score (nSPS) is 16.0. The molecule has 2 heteroatoms. The number of diazo groups is 1. The van der Waals surface area contributed by atoms with Gasteiger partial charge in [0.25, 0.3) is 0 Å². The molecule has 0 unspecified atom stereocenters. The Morgan fingerprint density at radius 1 is 2.00 bits per heavy atom. The zero-order valence-electron chi connectivity index (χ0n) is 5.05. The maximum Gasteiger partial charge on any atom is 0.307 e. The molecule has 0 aliphatic heterocycles. The first-order valence-corrected chi connectivity index (χ1v) is 1.95. The lowest BCUT2D eigenvalue weighted by molar-refractivity contribution is 0.705. The van der Waals surface area contributed by atoms with Gasteiger partial charge in [0, 0.05) is 5.92 Å². The second-order valence-corrected chi connectivity index (χ2v) is 1.51. The third-order valence-corrected chi connectivity index (χ3v) is 0.365. The summed E-state index contributed by atoms with van der Waals surface area (Å²) >= 11 is 0. The highest BCUT2D eigenvalue weighted by Gasteiger charge is 1.97. The Kier molecular flexibility index (Phi) is 1.59. The predicted octanol–water partition coefficient (Wildman–Crippen LogP) is 1.50. The summed E-state index contributed by atoms with van der Waals surface area (Å²) < 4.78 is 6.86. The highest BCUT2D eigenvalue weighted by atomic mass is 14.8. The van der Waals surface area contributed by atoms with Gasteiger partial charge in [0.05, 0.1) is 0 Å². The van der Waals surface area contributed by atoms with Crippen LogP contribution in [0.5, 0.6) is 0 Å². The van der Waals surface area contributed by atoms with Crippen molar-refractivity contribution in [1.29, 1.82) is 5.39 Å². The second-order valence-electron chi connectivity index (χ2n) is 1.51. The largest absolute Gasteiger partial charge is 0.307 e. The van der Waals surface area contributed by atoms with Gasteiger partial charge in [-0.2, -0.15) is 0 Å². The van der Waals surface area contributed by atoms with Gasteiger partial charge in [0.15, 0.2) is 0 Å². The summed E-state index contributed by atoms with van der Waals surface area (Å²) in [5.74, 6) is 0.116. The Morgan fingerprint density at radius 2 is 2.50 bits per heavy atom. The first-order valence-electron chi connectivity index (χ1n) is 2.52.